The van der Waals surface area contributed by atoms with Crippen LogP contribution in [0.5, 0.6) is 17.2 Å². The van der Waals surface area contributed by atoms with Crippen molar-refractivity contribution in [3.8, 4) is 17.2 Å². The van der Waals surface area contributed by atoms with E-state index in [1.165, 1.54) is 0 Å². The lowest BCUT2D eigenvalue weighted by atomic mass is 10.3. The summed E-state index contributed by atoms with van der Waals surface area (Å²) in [5.41, 5.74) is 0. The molecule has 250 valence electrons. The molecule has 3 aliphatic rings. The van der Waals surface area contributed by atoms with Gasteiger partial charge in [0.15, 0.2) is 24.6 Å². The molecule has 0 bridgehead atoms. The summed E-state index contributed by atoms with van der Waals surface area (Å²) in [7, 11) is -8.71. The average molecular weight is 685 g/mol. The number of halogens is 3. The van der Waals surface area contributed by atoms with E-state index >= 15 is 0 Å². The number of ether oxygens (including phenoxy) is 6. The summed E-state index contributed by atoms with van der Waals surface area (Å²) < 4.78 is 109. The minimum Gasteiger partial charge on any atom is -0.465 e. The summed E-state index contributed by atoms with van der Waals surface area (Å²) in [6, 6.07) is 19.5. The number of hydrogen-bond donors (Lipinski definition) is 0. The number of rotatable bonds is 12. The van der Waals surface area contributed by atoms with Crippen molar-refractivity contribution < 1.29 is 53.6 Å². The molecule has 3 atom stereocenters. The summed E-state index contributed by atoms with van der Waals surface area (Å²) >= 11 is 0. The van der Waals surface area contributed by atoms with Crippen LogP contribution in [0.3, 0.4) is 0 Å². The van der Waals surface area contributed by atoms with Gasteiger partial charge in [0.05, 0.1) is 19.8 Å². The van der Waals surface area contributed by atoms with Gasteiger partial charge < -0.3 is 28.4 Å². The van der Waals surface area contributed by atoms with Gasteiger partial charge in [-0.3, -0.25) is 0 Å². The molecule has 0 saturated carbocycles. The molecule has 3 heterocycles. The molecule has 9 nitrogen and oxygen atoms in total. The summed E-state index contributed by atoms with van der Waals surface area (Å²) in [5.74, 6) is -1.15. The highest BCUT2D eigenvalue weighted by Gasteiger charge is 2.44. The Balaban J connectivity index is 1.52. The Morgan fingerprint density at radius 1 is 0.630 bits per heavy atom. The maximum absolute atomic E-state index is 13.7. The largest absolute Gasteiger partial charge is 0.465 e. The van der Waals surface area contributed by atoms with Crippen LogP contribution >= 0.6 is 10.3 Å². The van der Waals surface area contributed by atoms with E-state index < -0.39 is 51.2 Å². The van der Waals surface area contributed by atoms with Gasteiger partial charge in [-0.25, -0.2) is 3.63 Å². The zero-order valence-corrected chi connectivity index (χ0v) is 26.5. The summed E-state index contributed by atoms with van der Waals surface area (Å²) in [4.78, 5) is 0.826. The molecule has 3 aromatic rings. The maximum atomic E-state index is 13.7. The molecule has 14 heteroatoms. The predicted molar refractivity (Wildman–Crippen MR) is 161 cm³/mol. The average Bonchev–Trinajstić information content (AvgIpc) is 3.81. The van der Waals surface area contributed by atoms with Gasteiger partial charge in [-0.2, -0.15) is 21.6 Å². The van der Waals surface area contributed by atoms with Crippen molar-refractivity contribution in [2.75, 3.05) is 25.6 Å². The first-order chi connectivity index (χ1) is 22.1. The van der Waals surface area contributed by atoms with Crippen LogP contribution in [0.15, 0.2) is 87.5 Å². The van der Waals surface area contributed by atoms with Crippen molar-refractivity contribution in [1.29, 1.82) is 0 Å². The molecule has 6 rings (SSSR count). The third kappa shape index (κ3) is 8.09. The molecule has 0 spiro atoms. The lowest BCUT2D eigenvalue weighted by molar-refractivity contribution is -0.107. The van der Waals surface area contributed by atoms with Gasteiger partial charge >= 0.3 is 6.18 Å². The molecule has 3 unspecified atom stereocenters. The highest BCUT2D eigenvalue weighted by Crippen LogP contribution is 2.71. The Bertz CT molecular complexity index is 1430. The molecule has 3 saturated heterocycles. The molecule has 0 aliphatic carbocycles. The van der Waals surface area contributed by atoms with Crippen LogP contribution in [0.4, 0.5) is 13.2 Å². The fourth-order valence-electron chi connectivity index (χ4n) is 5.46. The van der Waals surface area contributed by atoms with E-state index in [0.29, 0.717) is 56.3 Å². The van der Waals surface area contributed by atoms with Crippen LogP contribution < -0.4 is 14.2 Å². The number of alkyl halides is 3. The Labute approximate surface area is 267 Å². The van der Waals surface area contributed by atoms with Crippen molar-refractivity contribution in [1.82, 2.24) is 0 Å². The van der Waals surface area contributed by atoms with Gasteiger partial charge in [0.25, 0.3) is 10.1 Å². The third-order valence-electron chi connectivity index (χ3n) is 7.42. The van der Waals surface area contributed by atoms with Gasteiger partial charge in [0.2, 0.25) is 0 Å². The van der Waals surface area contributed by atoms with Crippen LogP contribution in [0, 0.1) is 0 Å². The summed E-state index contributed by atoms with van der Waals surface area (Å²) in [6.07, 6.45) is -2.18. The Hall–Kier alpha value is -3.01. The second-order valence-electron chi connectivity index (χ2n) is 11.0. The lowest BCUT2D eigenvalue weighted by Crippen LogP contribution is -2.26. The second kappa shape index (κ2) is 14.0. The van der Waals surface area contributed by atoms with Gasteiger partial charge in [-0.15, -0.1) is 0 Å². The molecule has 0 amide bonds. The highest BCUT2D eigenvalue weighted by molar-refractivity contribution is 8.33. The Morgan fingerprint density at radius 3 is 1.30 bits per heavy atom. The minimum absolute atomic E-state index is 0.275. The summed E-state index contributed by atoms with van der Waals surface area (Å²) in [6.45, 7) is 1.61. The summed E-state index contributed by atoms with van der Waals surface area (Å²) in [5, 5.41) is 0. The van der Waals surface area contributed by atoms with Gasteiger partial charge in [0, 0.05) is 33.9 Å². The Morgan fingerprint density at radius 2 is 1.00 bits per heavy atom. The van der Waals surface area contributed by atoms with Gasteiger partial charge in [-0.1, -0.05) is 18.2 Å². The van der Waals surface area contributed by atoms with Gasteiger partial charge in [-0.05, 0) is 84.2 Å². The van der Waals surface area contributed by atoms with Crippen molar-refractivity contribution in [2.24, 2.45) is 0 Å². The van der Waals surface area contributed by atoms with E-state index in [2.05, 4.69) is 0 Å². The van der Waals surface area contributed by atoms with Crippen molar-refractivity contribution in [2.45, 2.75) is 78.3 Å². The molecule has 46 heavy (non-hydrogen) atoms. The van der Waals surface area contributed by atoms with E-state index in [4.69, 9.17) is 32.1 Å². The first-order valence-electron chi connectivity index (χ1n) is 15.1. The van der Waals surface area contributed by atoms with E-state index in [1.807, 2.05) is 0 Å². The van der Waals surface area contributed by atoms with E-state index in [1.54, 1.807) is 72.8 Å². The van der Waals surface area contributed by atoms with Crippen LogP contribution in [-0.4, -0.2) is 59.0 Å². The lowest BCUT2D eigenvalue weighted by Gasteiger charge is -2.40. The Kier molecular flexibility index (Phi) is 10.0. The number of benzene rings is 3. The standard InChI is InChI=1S/C32H35F3O9S2/c33-32(34,35)22-45(36,37)44-46(26-10-1-7-23(19-26)41-29-13-4-16-38-29,27-11-2-8-24(20-27)42-30-14-5-17-39-30)28-12-3-9-25(21-28)43-31-15-6-18-40-31/h1-3,7-12,19-21,29-31H,4-6,13-18,22H2. The quantitative estimate of drug-likeness (QED) is 0.194. The fraction of sp³-hybridized carbons (Fsp3) is 0.438. The molecular formula is C32H35F3O9S2. The SMILES string of the molecule is O=S(=O)(CC(F)(F)F)OS(c1cccc(OC2CCCO2)c1)(c1cccc(OC2CCCO2)c1)c1cccc(OC2CCCO2)c1. The smallest absolute Gasteiger partial charge is 0.405 e. The van der Waals surface area contributed by atoms with Crippen molar-refractivity contribution in [3.05, 3.63) is 72.8 Å². The number of hydrogen-bond acceptors (Lipinski definition) is 9. The monoisotopic (exact) mass is 684 g/mol. The predicted octanol–water partition coefficient (Wildman–Crippen LogP) is 7.34. The van der Waals surface area contributed by atoms with E-state index in [0.717, 1.165) is 19.3 Å². The molecule has 0 radical (unpaired) electrons. The molecule has 0 aromatic heterocycles. The van der Waals surface area contributed by atoms with Crippen molar-refractivity contribution in [3.63, 3.8) is 0 Å². The minimum atomic E-state index is -5.23. The third-order valence-corrected chi connectivity index (χ3v) is 12.5. The first-order valence-corrected chi connectivity index (χ1v) is 18.2. The molecular weight excluding hydrogens is 649 g/mol. The van der Waals surface area contributed by atoms with Crippen LogP contribution in [0.25, 0.3) is 0 Å². The normalized spacial score (nSPS) is 23.9. The highest BCUT2D eigenvalue weighted by atomic mass is 32.3. The topological polar surface area (TPSA) is 98.8 Å². The van der Waals surface area contributed by atoms with Crippen LogP contribution in [0.1, 0.15) is 38.5 Å². The van der Waals surface area contributed by atoms with E-state index in [-0.39, 0.29) is 14.7 Å². The molecule has 3 aromatic carbocycles. The van der Waals surface area contributed by atoms with Crippen LogP contribution in [0.2, 0.25) is 0 Å². The van der Waals surface area contributed by atoms with Crippen molar-refractivity contribution >= 4 is 20.4 Å². The molecule has 3 aliphatic heterocycles. The second-order valence-corrected chi connectivity index (χ2v) is 15.5. The fourth-order valence-corrected chi connectivity index (χ4v) is 10.7. The van der Waals surface area contributed by atoms with E-state index in [9.17, 15) is 21.6 Å². The first kappa shape index (κ1) is 32.9. The molecule has 0 N–H and O–H groups in total. The molecule has 3 fully saturated rings. The van der Waals surface area contributed by atoms with Gasteiger partial charge in [0.1, 0.15) is 17.2 Å². The zero-order valence-electron chi connectivity index (χ0n) is 24.9. The maximum Gasteiger partial charge on any atom is 0.405 e. The zero-order chi connectivity index (χ0) is 32.2. The van der Waals surface area contributed by atoms with Crippen LogP contribution in [-0.2, 0) is 28.0 Å².